The van der Waals surface area contributed by atoms with Gasteiger partial charge in [0.05, 0.1) is 14.2 Å². The van der Waals surface area contributed by atoms with Gasteiger partial charge in [0, 0.05) is 23.0 Å². The molecule has 3 aromatic rings. The Morgan fingerprint density at radius 1 is 0.696 bits per heavy atom. The van der Waals surface area contributed by atoms with E-state index in [0.717, 1.165) is 11.5 Å². The van der Waals surface area contributed by atoms with E-state index in [9.17, 15) is 0 Å². The fourth-order valence-corrected chi connectivity index (χ4v) is 5.02. The normalized spacial score (nSPS) is 10.6. The summed E-state index contributed by atoms with van der Waals surface area (Å²) >= 11 is 0. The first-order valence-electron chi connectivity index (χ1n) is 7.31. The highest BCUT2D eigenvalue weighted by Crippen LogP contribution is 2.39. The molecule has 3 nitrogen and oxygen atoms in total. The van der Waals surface area contributed by atoms with Crippen molar-refractivity contribution < 1.29 is 9.47 Å². The maximum atomic E-state index is 5.60. The number of nitrogens with zero attached hydrogens (tertiary/aromatic N) is 1. The van der Waals surface area contributed by atoms with Gasteiger partial charge in [0.1, 0.15) is 11.5 Å². The van der Waals surface area contributed by atoms with Gasteiger partial charge in [-0.1, -0.05) is 36.4 Å². The van der Waals surface area contributed by atoms with Crippen molar-refractivity contribution in [3.63, 3.8) is 0 Å². The number of hydrogen-bond acceptors (Lipinski definition) is 3. The van der Waals surface area contributed by atoms with Crippen LogP contribution >= 0.6 is 7.92 Å². The van der Waals surface area contributed by atoms with Crippen LogP contribution in [0.1, 0.15) is 0 Å². The van der Waals surface area contributed by atoms with E-state index in [2.05, 4.69) is 29.2 Å². The highest BCUT2D eigenvalue weighted by Gasteiger charge is 2.22. The molecule has 0 radical (unpaired) electrons. The minimum Gasteiger partial charge on any atom is -0.496 e. The van der Waals surface area contributed by atoms with Crippen molar-refractivity contribution in [1.29, 1.82) is 0 Å². The summed E-state index contributed by atoms with van der Waals surface area (Å²) in [7, 11) is 2.63. The number of rotatable bonds is 5. The summed E-state index contributed by atoms with van der Waals surface area (Å²) in [5, 5.41) is 3.55. The second-order valence-corrected chi connectivity index (χ2v) is 7.04. The van der Waals surface area contributed by atoms with Crippen LogP contribution in [0.25, 0.3) is 0 Å². The van der Waals surface area contributed by atoms with Crippen molar-refractivity contribution in [2.45, 2.75) is 0 Å². The lowest BCUT2D eigenvalue weighted by Gasteiger charge is -2.23. The Hall–Kier alpha value is -2.38. The molecule has 0 N–H and O–H groups in total. The van der Waals surface area contributed by atoms with Crippen molar-refractivity contribution in [2.75, 3.05) is 14.2 Å². The summed E-state index contributed by atoms with van der Waals surface area (Å²) in [4.78, 5) is 4.15. The highest BCUT2D eigenvalue weighted by molar-refractivity contribution is 7.80. The van der Waals surface area contributed by atoms with Gasteiger partial charge in [-0.2, -0.15) is 0 Å². The standard InChI is InChI=1S/C19H18NO2P/c1-21-16-7-3-5-9-18(16)23(15-11-13-20-14-12-15)19-10-6-4-8-17(19)22-2/h3-14H,1-2H3. The third-order valence-corrected chi connectivity index (χ3v) is 6.09. The van der Waals surface area contributed by atoms with Crippen molar-refractivity contribution in [1.82, 2.24) is 4.98 Å². The van der Waals surface area contributed by atoms with Crippen LogP contribution in [0.5, 0.6) is 11.5 Å². The Bertz CT molecular complexity index is 730. The Labute approximate surface area is 137 Å². The zero-order valence-electron chi connectivity index (χ0n) is 13.1. The van der Waals surface area contributed by atoms with Gasteiger partial charge in [-0.3, -0.25) is 4.98 Å². The topological polar surface area (TPSA) is 31.4 Å². The Kier molecular flexibility index (Phi) is 4.89. The molecule has 1 heterocycles. The van der Waals surface area contributed by atoms with E-state index in [4.69, 9.17) is 9.47 Å². The summed E-state index contributed by atoms with van der Waals surface area (Å²) in [6.07, 6.45) is 3.66. The molecule has 0 aliphatic heterocycles. The molecule has 1 aromatic heterocycles. The van der Waals surface area contributed by atoms with Gasteiger partial charge in [-0.15, -0.1) is 0 Å². The van der Waals surface area contributed by atoms with Crippen LogP contribution in [0.3, 0.4) is 0 Å². The smallest absolute Gasteiger partial charge is 0.127 e. The first-order chi connectivity index (χ1) is 11.3. The van der Waals surface area contributed by atoms with Crippen LogP contribution < -0.4 is 25.4 Å². The lowest BCUT2D eigenvalue weighted by molar-refractivity contribution is 0.417. The minimum atomic E-state index is -0.789. The molecule has 0 bridgehead atoms. The summed E-state index contributed by atoms with van der Waals surface area (Å²) in [6, 6.07) is 20.4. The molecule has 3 rings (SSSR count). The quantitative estimate of drug-likeness (QED) is 0.677. The van der Waals surface area contributed by atoms with Gasteiger partial charge in [-0.05, 0) is 37.5 Å². The number of ether oxygens (including phenoxy) is 2. The molecule has 0 aliphatic rings. The van der Waals surface area contributed by atoms with Gasteiger partial charge in [0.15, 0.2) is 0 Å². The number of pyridine rings is 1. The SMILES string of the molecule is COc1ccccc1P(c1ccncc1)c1ccccc1OC. The molecule has 116 valence electrons. The predicted octanol–water partition coefficient (Wildman–Crippen LogP) is 2.86. The Morgan fingerprint density at radius 2 is 1.17 bits per heavy atom. The maximum Gasteiger partial charge on any atom is 0.127 e. The molecule has 0 aliphatic carbocycles. The molecule has 0 spiro atoms. The van der Waals surface area contributed by atoms with Crippen LogP contribution in [0.2, 0.25) is 0 Å². The molecule has 0 fully saturated rings. The fourth-order valence-electron chi connectivity index (χ4n) is 2.53. The minimum absolute atomic E-state index is 0.789. The van der Waals surface area contributed by atoms with Crippen LogP contribution in [-0.2, 0) is 0 Å². The first-order valence-corrected chi connectivity index (χ1v) is 8.65. The number of benzene rings is 2. The van der Waals surface area contributed by atoms with E-state index in [1.165, 1.54) is 15.9 Å². The fraction of sp³-hybridized carbons (Fsp3) is 0.105. The molecule has 0 atom stereocenters. The van der Waals surface area contributed by atoms with E-state index in [0.29, 0.717) is 0 Å². The molecule has 23 heavy (non-hydrogen) atoms. The van der Waals surface area contributed by atoms with Crippen molar-refractivity contribution >= 4 is 23.8 Å². The highest BCUT2D eigenvalue weighted by atomic mass is 31.1. The molecule has 0 saturated heterocycles. The monoisotopic (exact) mass is 323 g/mol. The summed E-state index contributed by atoms with van der Waals surface area (Å²) in [6.45, 7) is 0. The average molecular weight is 323 g/mol. The van der Waals surface area contributed by atoms with E-state index in [1.807, 2.05) is 48.8 Å². The van der Waals surface area contributed by atoms with Gasteiger partial charge in [-0.25, -0.2) is 0 Å². The second kappa shape index (κ2) is 7.26. The summed E-state index contributed by atoms with van der Waals surface area (Å²) in [5.41, 5.74) is 0. The Morgan fingerprint density at radius 3 is 1.65 bits per heavy atom. The van der Waals surface area contributed by atoms with Crippen LogP contribution in [0.15, 0.2) is 73.1 Å². The zero-order chi connectivity index (χ0) is 16.1. The van der Waals surface area contributed by atoms with Gasteiger partial charge < -0.3 is 9.47 Å². The molecule has 0 saturated carbocycles. The number of methoxy groups -OCH3 is 2. The van der Waals surface area contributed by atoms with E-state index >= 15 is 0 Å². The molecule has 4 heteroatoms. The maximum absolute atomic E-state index is 5.60. The molecular formula is C19H18NO2P. The predicted molar refractivity (Wildman–Crippen MR) is 96.0 cm³/mol. The van der Waals surface area contributed by atoms with E-state index in [-0.39, 0.29) is 0 Å². The summed E-state index contributed by atoms with van der Waals surface area (Å²) < 4.78 is 11.2. The van der Waals surface area contributed by atoms with Gasteiger partial charge in [0.2, 0.25) is 0 Å². The molecular weight excluding hydrogens is 305 g/mol. The number of hydrogen-bond donors (Lipinski definition) is 0. The number of para-hydroxylation sites is 2. The largest absolute Gasteiger partial charge is 0.496 e. The average Bonchev–Trinajstić information content (AvgIpc) is 2.64. The van der Waals surface area contributed by atoms with Crippen LogP contribution in [0, 0.1) is 0 Å². The summed E-state index contributed by atoms with van der Waals surface area (Å²) in [5.74, 6) is 1.78. The zero-order valence-corrected chi connectivity index (χ0v) is 14.0. The van der Waals surface area contributed by atoms with E-state index in [1.54, 1.807) is 14.2 Å². The van der Waals surface area contributed by atoms with Crippen molar-refractivity contribution in [3.05, 3.63) is 73.1 Å². The van der Waals surface area contributed by atoms with Gasteiger partial charge >= 0.3 is 0 Å². The van der Waals surface area contributed by atoms with Crippen molar-refractivity contribution in [3.8, 4) is 11.5 Å². The first kappa shape index (κ1) is 15.5. The Balaban J connectivity index is 2.23. The lowest BCUT2D eigenvalue weighted by Crippen LogP contribution is -2.23. The second-order valence-electron chi connectivity index (χ2n) is 4.88. The third-order valence-electron chi connectivity index (χ3n) is 3.57. The molecule has 2 aromatic carbocycles. The third kappa shape index (κ3) is 3.20. The molecule has 0 unspecified atom stereocenters. The van der Waals surface area contributed by atoms with Crippen LogP contribution in [-0.4, -0.2) is 19.2 Å². The number of aromatic nitrogens is 1. The van der Waals surface area contributed by atoms with Crippen LogP contribution in [0.4, 0.5) is 0 Å². The molecule has 0 amide bonds. The van der Waals surface area contributed by atoms with Gasteiger partial charge in [0.25, 0.3) is 0 Å². The lowest BCUT2D eigenvalue weighted by atomic mass is 10.3. The van der Waals surface area contributed by atoms with Crippen molar-refractivity contribution in [2.24, 2.45) is 0 Å². The van der Waals surface area contributed by atoms with E-state index < -0.39 is 7.92 Å².